The molecule has 1 aromatic heterocycles. The molecule has 1 aliphatic heterocycles. The maximum atomic E-state index is 11.6. The monoisotopic (exact) mass is 474 g/mol. The number of halogens is 3. The molecule has 0 atom stereocenters. The van der Waals surface area contributed by atoms with E-state index in [1.54, 1.807) is 18.3 Å². The Kier molecular flexibility index (Phi) is 8.62. The molecule has 2 N–H and O–H groups in total. The molecule has 176 valence electrons. The summed E-state index contributed by atoms with van der Waals surface area (Å²) in [4.78, 5) is 13.7. The SMILES string of the molecule is Cc1cc(S(C)(=O)=O)ccc1-c1ccc(OCC2CCNCC2)cn1.O=C(O)C(F)(F)F. The van der Waals surface area contributed by atoms with E-state index in [1.165, 1.54) is 6.26 Å². The van der Waals surface area contributed by atoms with Crippen LogP contribution in [0.1, 0.15) is 18.4 Å². The summed E-state index contributed by atoms with van der Waals surface area (Å²) in [5.74, 6) is -1.38. The molecule has 0 aliphatic carbocycles. The number of nitrogens with one attached hydrogen (secondary N) is 1. The van der Waals surface area contributed by atoms with Crippen molar-refractivity contribution in [2.75, 3.05) is 26.0 Å². The van der Waals surface area contributed by atoms with Gasteiger partial charge in [-0.2, -0.15) is 13.2 Å². The molecule has 2 heterocycles. The third-order valence-corrected chi connectivity index (χ3v) is 5.94. The number of rotatable bonds is 5. The molecule has 1 saturated heterocycles. The number of hydrogen-bond acceptors (Lipinski definition) is 6. The van der Waals surface area contributed by atoms with Gasteiger partial charge in [-0.3, -0.25) is 4.98 Å². The number of alkyl halides is 3. The van der Waals surface area contributed by atoms with Crippen molar-refractivity contribution in [3.05, 3.63) is 42.1 Å². The first-order valence-corrected chi connectivity index (χ1v) is 11.7. The second kappa shape index (κ2) is 10.8. The number of nitrogens with zero attached hydrogens (tertiary/aromatic N) is 1. The third-order valence-electron chi connectivity index (χ3n) is 4.83. The van der Waals surface area contributed by atoms with Gasteiger partial charge in [-0.25, -0.2) is 13.2 Å². The Balaban J connectivity index is 0.000000451. The predicted molar refractivity (Wildman–Crippen MR) is 112 cm³/mol. The number of aromatic nitrogens is 1. The second-order valence-corrected chi connectivity index (χ2v) is 9.45. The van der Waals surface area contributed by atoms with Crippen LogP contribution in [0.5, 0.6) is 5.75 Å². The standard InChI is InChI=1S/C19H24N2O3S.C2HF3O2/c1-14-11-17(25(2,22)23)4-5-18(14)19-6-3-16(12-21-19)24-13-15-7-9-20-10-8-15;3-2(4,5)1(6)7/h3-6,11-12,15,20H,7-10,13H2,1-2H3;(H,6,7). The maximum absolute atomic E-state index is 11.6. The number of benzene rings is 1. The number of hydrogen-bond donors (Lipinski definition) is 2. The quantitative estimate of drug-likeness (QED) is 0.684. The third kappa shape index (κ3) is 7.79. The van der Waals surface area contributed by atoms with Crippen molar-refractivity contribution in [3.8, 4) is 17.0 Å². The van der Waals surface area contributed by atoms with E-state index in [0.29, 0.717) is 10.8 Å². The van der Waals surface area contributed by atoms with E-state index >= 15 is 0 Å². The minimum Gasteiger partial charge on any atom is -0.492 e. The van der Waals surface area contributed by atoms with Crippen molar-refractivity contribution < 1.29 is 36.2 Å². The number of carboxylic acid groups (broad SMARTS) is 1. The zero-order valence-electron chi connectivity index (χ0n) is 17.6. The number of carboxylic acids is 1. The summed E-state index contributed by atoms with van der Waals surface area (Å²) in [6.45, 7) is 4.75. The van der Waals surface area contributed by atoms with E-state index in [9.17, 15) is 21.6 Å². The van der Waals surface area contributed by atoms with E-state index in [0.717, 1.165) is 55.1 Å². The fourth-order valence-corrected chi connectivity index (χ4v) is 3.75. The first-order valence-electron chi connectivity index (χ1n) is 9.78. The maximum Gasteiger partial charge on any atom is 0.490 e. The highest BCUT2D eigenvalue weighted by atomic mass is 32.2. The van der Waals surface area contributed by atoms with Crippen LogP contribution < -0.4 is 10.1 Å². The van der Waals surface area contributed by atoms with Gasteiger partial charge in [0.2, 0.25) is 0 Å². The normalized spacial score (nSPS) is 14.9. The smallest absolute Gasteiger partial charge is 0.490 e. The largest absolute Gasteiger partial charge is 0.492 e. The Morgan fingerprint density at radius 3 is 2.31 bits per heavy atom. The summed E-state index contributed by atoms with van der Waals surface area (Å²) in [5, 5.41) is 10.5. The molecule has 0 amide bonds. The van der Waals surface area contributed by atoms with Gasteiger partial charge in [-0.05, 0) is 68.6 Å². The average molecular weight is 475 g/mol. The first kappa shape index (κ1) is 25.6. The highest BCUT2D eigenvalue weighted by Gasteiger charge is 2.38. The lowest BCUT2D eigenvalue weighted by atomic mass is 9.99. The van der Waals surface area contributed by atoms with E-state index in [1.807, 2.05) is 25.1 Å². The van der Waals surface area contributed by atoms with E-state index in [4.69, 9.17) is 14.6 Å². The van der Waals surface area contributed by atoms with Crippen LogP contribution in [0.4, 0.5) is 13.2 Å². The minimum absolute atomic E-state index is 0.329. The van der Waals surface area contributed by atoms with Crippen molar-refractivity contribution in [2.45, 2.75) is 30.8 Å². The Morgan fingerprint density at radius 2 is 1.84 bits per heavy atom. The van der Waals surface area contributed by atoms with Crippen LogP contribution in [-0.2, 0) is 14.6 Å². The molecular weight excluding hydrogens is 449 g/mol. The lowest BCUT2D eigenvalue weighted by Gasteiger charge is -2.22. The Morgan fingerprint density at radius 1 is 1.22 bits per heavy atom. The molecule has 1 fully saturated rings. The molecule has 3 rings (SSSR count). The molecule has 1 aromatic carbocycles. The molecule has 1 aliphatic rings. The highest BCUT2D eigenvalue weighted by molar-refractivity contribution is 7.90. The van der Waals surface area contributed by atoms with Gasteiger partial charge in [-0.1, -0.05) is 6.07 Å². The fraction of sp³-hybridized carbons (Fsp3) is 0.429. The molecule has 7 nitrogen and oxygen atoms in total. The molecular formula is C21H25F3N2O5S. The molecule has 0 saturated carbocycles. The predicted octanol–water partition coefficient (Wildman–Crippen LogP) is 3.47. The van der Waals surface area contributed by atoms with Gasteiger partial charge in [0.25, 0.3) is 0 Å². The summed E-state index contributed by atoms with van der Waals surface area (Å²) >= 11 is 0. The van der Waals surface area contributed by atoms with Gasteiger partial charge in [0.1, 0.15) is 5.75 Å². The molecule has 0 radical (unpaired) electrons. The van der Waals surface area contributed by atoms with Crippen molar-refractivity contribution in [2.24, 2.45) is 5.92 Å². The molecule has 0 unspecified atom stereocenters. The number of piperidine rings is 1. The van der Waals surface area contributed by atoms with Gasteiger partial charge in [0.15, 0.2) is 9.84 Å². The number of aliphatic carboxylic acids is 1. The lowest BCUT2D eigenvalue weighted by Crippen LogP contribution is -2.30. The summed E-state index contributed by atoms with van der Waals surface area (Å²) in [6, 6.07) is 8.96. The van der Waals surface area contributed by atoms with E-state index in [-0.39, 0.29) is 0 Å². The molecule has 2 aromatic rings. The van der Waals surface area contributed by atoms with Crippen LogP contribution in [0, 0.1) is 12.8 Å². The van der Waals surface area contributed by atoms with Gasteiger partial charge in [0, 0.05) is 11.8 Å². The topological polar surface area (TPSA) is 106 Å². The van der Waals surface area contributed by atoms with Crippen molar-refractivity contribution >= 4 is 15.8 Å². The fourth-order valence-electron chi connectivity index (χ4n) is 3.04. The van der Waals surface area contributed by atoms with Gasteiger partial charge < -0.3 is 15.2 Å². The summed E-state index contributed by atoms with van der Waals surface area (Å²) in [5.41, 5.74) is 2.63. The molecule has 32 heavy (non-hydrogen) atoms. The van der Waals surface area contributed by atoms with Crippen LogP contribution >= 0.6 is 0 Å². The average Bonchev–Trinajstić information content (AvgIpc) is 2.72. The van der Waals surface area contributed by atoms with Crippen molar-refractivity contribution in [1.29, 1.82) is 0 Å². The molecule has 11 heteroatoms. The van der Waals surface area contributed by atoms with Gasteiger partial charge in [0.05, 0.1) is 23.4 Å². The summed E-state index contributed by atoms with van der Waals surface area (Å²) in [6.07, 6.45) is 0.170. The number of sulfone groups is 1. The molecule has 0 bridgehead atoms. The second-order valence-electron chi connectivity index (χ2n) is 7.44. The van der Waals surface area contributed by atoms with Crippen LogP contribution in [0.15, 0.2) is 41.4 Å². The minimum atomic E-state index is -5.08. The Bertz CT molecular complexity index is 1020. The van der Waals surface area contributed by atoms with E-state index < -0.39 is 22.0 Å². The zero-order chi connectivity index (χ0) is 23.9. The van der Waals surface area contributed by atoms with E-state index in [2.05, 4.69) is 10.3 Å². The van der Waals surface area contributed by atoms with Crippen LogP contribution in [0.2, 0.25) is 0 Å². The zero-order valence-corrected chi connectivity index (χ0v) is 18.5. The summed E-state index contributed by atoms with van der Waals surface area (Å²) in [7, 11) is -3.19. The molecule has 0 spiro atoms. The first-order chi connectivity index (χ1) is 14.9. The van der Waals surface area contributed by atoms with Crippen molar-refractivity contribution in [1.82, 2.24) is 10.3 Å². The number of ether oxygens (including phenoxy) is 1. The summed E-state index contributed by atoms with van der Waals surface area (Å²) < 4.78 is 60.9. The number of carbonyl (C=O) groups is 1. The Hall–Kier alpha value is -2.66. The van der Waals surface area contributed by atoms with Crippen LogP contribution in [0.25, 0.3) is 11.3 Å². The lowest BCUT2D eigenvalue weighted by molar-refractivity contribution is -0.192. The highest BCUT2D eigenvalue weighted by Crippen LogP contribution is 2.26. The van der Waals surface area contributed by atoms with Gasteiger partial charge >= 0.3 is 12.1 Å². The number of aryl methyl sites for hydroxylation is 1. The van der Waals surface area contributed by atoms with Crippen LogP contribution in [0.3, 0.4) is 0 Å². The Labute approximate surface area is 184 Å². The van der Waals surface area contributed by atoms with Crippen LogP contribution in [-0.4, -0.2) is 56.6 Å². The van der Waals surface area contributed by atoms with Gasteiger partial charge in [-0.15, -0.1) is 0 Å². The number of pyridine rings is 1. The van der Waals surface area contributed by atoms with Crippen molar-refractivity contribution in [3.63, 3.8) is 0 Å².